The van der Waals surface area contributed by atoms with E-state index in [1.807, 2.05) is 5.38 Å². The van der Waals surface area contributed by atoms with Crippen LogP contribution in [0.3, 0.4) is 0 Å². The first-order chi connectivity index (χ1) is 8.20. The molecule has 4 nitrogen and oxygen atoms in total. The number of ether oxygens (including phenoxy) is 1. The molecular formula is C11H14N2O2S2. The Labute approximate surface area is 109 Å². The zero-order valence-corrected chi connectivity index (χ0v) is 11.0. The van der Waals surface area contributed by atoms with Crippen LogP contribution in [0.1, 0.15) is 18.0 Å². The zero-order valence-electron chi connectivity index (χ0n) is 9.35. The number of nitrogens with zero attached hydrogens (tertiary/aromatic N) is 1. The molecule has 2 heterocycles. The lowest BCUT2D eigenvalue weighted by molar-refractivity contribution is 0.121. The van der Waals surface area contributed by atoms with Crippen LogP contribution in [-0.4, -0.2) is 35.7 Å². The standard InChI is InChI=1S/C11H14N2O2S2/c1-2-5-15-11(14)13-4-3-8(6-13)9-7-17-10(16)12-9/h2,7-8H,1,3-6H2,(H,12,16)/t8-/m0/s1. The number of carbonyl (C=O) groups is 1. The summed E-state index contributed by atoms with van der Waals surface area (Å²) in [6, 6.07) is 0. The van der Waals surface area contributed by atoms with E-state index >= 15 is 0 Å². The third-order valence-electron chi connectivity index (χ3n) is 2.75. The van der Waals surface area contributed by atoms with Gasteiger partial charge < -0.3 is 14.6 Å². The van der Waals surface area contributed by atoms with Crippen LogP contribution in [-0.2, 0) is 4.74 Å². The van der Waals surface area contributed by atoms with Crippen molar-refractivity contribution in [2.24, 2.45) is 0 Å². The number of aromatic amines is 1. The fraction of sp³-hybridized carbons (Fsp3) is 0.455. The first-order valence-electron chi connectivity index (χ1n) is 5.41. The van der Waals surface area contributed by atoms with Crippen molar-refractivity contribution in [3.05, 3.63) is 27.7 Å². The van der Waals surface area contributed by atoms with E-state index in [2.05, 4.69) is 11.6 Å². The van der Waals surface area contributed by atoms with Crippen molar-refractivity contribution in [1.82, 2.24) is 9.88 Å². The van der Waals surface area contributed by atoms with E-state index < -0.39 is 0 Å². The highest BCUT2D eigenvalue weighted by Crippen LogP contribution is 2.27. The van der Waals surface area contributed by atoms with E-state index in [0.29, 0.717) is 12.5 Å². The van der Waals surface area contributed by atoms with Gasteiger partial charge in [0.1, 0.15) is 6.61 Å². The maximum Gasteiger partial charge on any atom is 0.410 e. The number of carbonyl (C=O) groups excluding carboxylic acids is 1. The molecule has 1 aromatic heterocycles. The molecule has 1 amide bonds. The van der Waals surface area contributed by atoms with Crippen LogP contribution in [0.5, 0.6) is 0 Å². The molecule has 6 heteroatoms. The Morgan fingerprint density at radius 1 is 1.82 bits per heavy atom. The summed E-state index contributed by atoms with van der Waals surface area (Å²) in [6.07, 6.45) is 2.26. The molecule has 0 aromatic carbocycles. The molecule has 0 unspecified atom stereocenters. The first kappa shape index (κ1) is 12.3. The van der Waals surface area contributed by atoms with Crippen molar-refractivity contribution in [3.63, 3.8) is 0 Å². The van der Waals surface area contributed by atoms with Crippen LogP contribution in [0, 0.1) is 3.95 Å². The Hall–Kier alpha value is -1.14. The van der Waals surface area contributed by atoms with Crippen molar-refractivity contribution in [2.75, 3.05) is 19.7 Å². The second-order valence-electron chi connectivity index (χ2n) is 3.90. The van der Waals surface area contributed by atoms with Gasteiger partial charge in [-0.25, -0.2) is 4.79 Å². The fourth-order valence-electron chi connectivity index (χ4n) is 1.89. The van der Waals surface area contributed by atoms with Gasteiger partial charge in [0, 0.05) is 30.1 Å². The van der Waals surface area contributed by atoms with E-state index in [1.54, 1.807) is 11.0 Å². The predicted molar refractivity (Wildman–Crippen MR) is 70.0 cm³/mol. The Kier molecular flexibility index (Phi) is 3.96. The first-order valence-corrected chi connectivity index (χ1v) is 6.70. The molecule has 1 atom stereocenters. The van der Waals surface area contributed by atoms with Gasteiger partial charge in [-0.05, 0) is 18.6 Å². The van der Waals surface area contributed by atoms with Gasteiger partial charge in [-0.3, -0.25) is 0 Å². The summed E-state index contributed by atoms with van der Waals surface area (Å²) in [5.74, 6) is 0.347. The number of nitrogens with one attached hydrogen (secondary N) is 1. The molecule has 2 rings (SSSR count). The second kappa shape index (κ2) is 5.46. The number of H-pyrrole nitrogens is 1. The Morgan fingerprint density at radius 2 is 2.65 bits per heavy atom. The topological polar surface area (TPSA) is 45.3 Å². The lowest BCUT2D eigenvalue weighted by Gasteiger charge is -2.15. The maximum atomic E-state index is 11.6. The van der Waals surface area contributed by atoms with Crippen LogP contribution in [0.2, 0.25) is 0 Å². The van der Waals surface area contributed by atoms with Crippen molar-refractivity contribution >= 4 is 29.6 Å². The Morgan fingerprint density at radius 3 is 3.29 bits per heavy atom. The van der Waals surface area contributed by atoms with E-state index in [4.69, 9.17) is 17.0 Å². The summed E-state index contributed by atoms with van der Waals surface area (Å²) < 4.78 is 5.79. The van der Waals surface area contributed by atoms with Crippen molar-refractivity contribution in [3.8, 4) is 0 Å². The summed E-state index contributed by atoms with van der Waals surface area (Å²) in [4.78, 5) is 16.5. The van der Waals surface area contributed by atoms with Gasteiger partial charge in [0.05, 0.1) is 0 Å². The molecule has 0 aliphatic carbocycles. The van der Waals surface area contributed by atoms with Crippen LogP contribution in [0.15, 0.2) is 18.0 Å². The predicted octanol–water partition coefficient (Wildman–Crippen LogP) is 2.92. The number of rotatable bonds is 3. The lowest BCUT2D eigenvalue weighted by atomic mass is 10.1. The second-order valence-corrected chi connectivity index (χ2v) is 5.45. The molecule has 1 fully saturated rings. The summed E-state index contributed by atoms with van der Waals surface area (Å²) in [6.45, 7) is 5.20. The SMILES string of the molecule is C=CCOC(=O)N1CC[C@H](c2csc(=S)[nH]2)C1. The average Bonchev–Trinajstić information content (AvgIpc) is 2.93. The minimum absolute atomic E-state index is 0.263. The summed E-state index contributed by atoms with van der Waals surface area (Å²) in [5, 5.41) is 2.03. The highest BCUT2D eigenvalue weighted by Gasteiger charge is 2.28. The summed E-state index contributed by atoms with van der Waals surface area (Å²) in [7, 11) is 0. The van der Waals surface area contributed by atoms with Crippen molar-refractivity contribution in [1.29, 1.82) is 0 Å². The molecule has 1 aliphatic rings. The quantitative estimate of drug-likeness (QED) is 0.678. The van der Waals surface area contributed by atoms with Crippen molar-refractivity contribution in [2.45, 2.75) is 12.3 Å². The van der Waals surface area contributed by atoms with Gasteiger partial charge in [-0.2, -0.15) is 0 Å². The Bertz CT molecular complexity index is 466. The maximum absolute atomic E-state index is 11.6. The van der Waals surface area contributed by atoms with E-state index in [0.717, 1.165) is 22.6 Å². The van der Waals surface area contributed by atoms with E-state index in [-0.39, 0.29) is 12.7 Å². The highest BCUT2D eigenvalue weighted by molar-refractivity contribution is 7.73. The fourth-order valence-corrected chi connectivity index (χ4v) is 2.82. The average molecular weight is 270 g/mol. The molecule has 1 aromatic rings. The van der Waals surface area contributed by atoms with Gasteiger partial charge in [0.15, 0.2) is 3.95 Å². The normalized spacial score (nSPS) is 19.3. The molecular weight excluding hydrogens is 256 g/mol. The van der Waals surface area contributed by atoms with Gasteiger partial charge >= 0.3 is 6.09 Å². The number of hydrogen-bond donors (Lipinski definition) is 1. The third-order valence-corrected chi connectivity index (χ3v) is 3.83. The molecule has 92 valence electrons. The third kappa shape index (κ3) is 2.95. The highest BCUT2D eigenvalue weighted by atomic mass is 32.1. The molecule has 0 radical (unpaired) electrons. The lowest BCUT2D eigenvalue weighted by Crippen LogP contribution is -2.29. The van der Waals surface area contributed by atoms with Gasteiger partial charge in [0.2, 0.25) is 0 Å². The minimum atomic E-state index is -0.263. The van der Waals surface area contributed by atoms with Crippen LogP contribution in [0.25, 0.3) is 0 Å². The Balaban J connectivity index is 1.93. The molecule has 17 heavy (non-hydrogen) atoms. The molecule has 0 bridgehead atoms. The molecule has 1 aliphatic heterocycles. The molecule has 0 spiro atoms. The summed E-state index contributed by atoms with van der Waals surface area (Å²) in [5.41, 5.74) is 1.12. The molecule has 0 saturated carbocycles. The number of likely N-dealkylation sites (tertiary alicyclic amines) is 1. The molecule has 1 saturated heterocycles. The van der Waals surface area contributed by atoms with Gasteiger partial charge in [0.25, 0.3) is 0 Å². The number of amides is 1. The largest absolute Gasteiger partial charge is 0.445 e. The van der Waals surface area contributed by atoms with Crippen LogP contribution >= 0.6 is 23.6 Å². The zero-order chi connectivity index (χ0) is 12.3. The van der Waals surface area contributed by atoms with Crippen LogP contribution in [0.4, 0.5) is 4.79 Å². The van der Waals surface area contributed by atoms with Crippen molar-refractivity contribution < 1.29 is 9.53 Å². The molecule has 1 N–H and O–H groups in total. The van der Waals surface area contributed by atoms with E-state index in [9.17, 15) is 4.79 Å². The number of hydrogen-bond acceptors (Lipinski definition) is 4. The number of thiazole rings is 1. The van der Waals surface area contributed by atoms with E-state index in [1.165, 1.54) is 11.3 Å². The monoisotopic (exact) mass is 270 g/mol. The van der Waals surface area contributed by atoms with Gasteiger partial charge in [-0.15, -0.1) is 11.3 Å². The summed E-state index contributed by atoms with van der Waals surface area (Å²) >= 11 is 6.58. The number of aromatic nitrogens is 1. The van der Waals surface area contributed by atoms with Crippen LogP contribution < -0.4 is 0 Å². The minimum Gasteiger partial charge on any atom is -0.445 e. The van der Waals surface area contributed by atoms with Gasteiger partial charge in [-0.1, -0.05) is 12.7 Å². The smallest absolute Gasteiger partial charge is 0.410 e.